The molecule has 0 aliphatic heterocycles. The van der Waals surface area contributed by atoms with Crippen LogP contribution < -0.4 is 40.2 Å². The van der Waals surface area contributed by atoms with Crippen molar-refractivity contribution in [2.75, 3.05) is 18.8 Å². The Hall–Kier alpha value is -0.270. The number of rotatable bonds is 9. The minimum Gasteiger partial charge on any atom is -1.00 e. The fraction of sp³-hybridized carbons (Fsp3) is 0.929. The molecule has 11 atom stereocenters. The predicted molar refractivity (Wildman–Crippen MR) is 146 cm³/mol. The third-order valence-electron chi connectivity index (χ3n) is 11.5. The molecule has 4 aliphatic rings. The van der Waals surface area contributed by atoms with Crippen LogP contribution in [0.25, 0.3) is 0 Å². The Balaban J connectivity index is 0.00000294. The van der Waals surface area contributed by atoms with Gasteiger partial charge in [-0.05, 0) is 97.7 Å². The van der Waals surface area contributed by atoms with E-state index >= 15 is 0 Å². The standard InChI is InChI=1S/C28H48N2O8S.Na.H/c1-16(4-7-24(34)30-15-25(35)29-10-11-39(36,37)38)19-5-6-20-26-21(14-23(33)28(19,20)3)27(2)9-8-18(31)12-17(27)13-22(26)32;;/h16-23,26,31-33H,4-15H2,1-3H3,(H,29,35)(H,30,34)(H,36,37,38);;/q;+1;-1/t16-,17+,18-,19-,20+,21+,22-,23+,26+,27+,28-;;/m1../s1. The number of nitrogens with one attached hydrogen (secondary N) is 2. The van der Waals surface area contributed by atoms with Crippen molar-refractivity contribution in [1.82, 2.24) is 10.6 Å². The van der Waals surface area contributed by atoms with Gasteiger partial charge in [-0.1, -0.05) is 20.8 Å². The van der Waals surface area contributed by atoms with E-state index < -0.39 is 34.0 Å². The fourth-order valence-corrected chi connectivity index (χ4v) is 9.70. The molecule has 40 heavy (non-hydrogen) atoms. The molecule has 4 saturated carbocycles. The number of amides is 2. The summed E-state index contributed by atoms with van der Waals surface area (Å²) in [5, 5.41) is 38.3. The van der Waals surface area contributed by atoms with Gasteiger partial charge in [-0.25, -0.2) is 0 Å². The number of aliphatic hydroxyl groups is 3. The Morgan fingerprint density at radius 2 is 1.70 bits per heavy atom. The third kappa shape index (κ3) is 6.93. The van der Waals surface area contributed by atoms with Crippen LogP contribution >= 0.6 is 0 Å². The van der Waals surface area contributed by atoms with E-state index in [4.69, 9.17) is 4.55 Å². The number of carbonyl (C=O) groups is 2. The molecule has 0 heterocycles. The van der Waals surface area contributed by atoms with Crippen LogP contribution in [0.5, 0.6) is 0 Å². The summed E-state index contributed by atoms with van der Waals surface area (Å²) in [4.78, 5) is 24.2. The molecule has 6 N–H and O–H groups in total. The quantitative estimate of drug-likeness (QED) is 0.139. The van der Waals surface area contributed by atoms with Gasteiger partial charge in [0.2, 0.25) is 11.8 Å². The molecule has 0 unspecified atom stereocenters. The molecule has 0 aromatic heterocycles. The number of carbonyl (C=O) groups excluding carboxylic acids is 2. The normalized spacial score (nSPS) is 41.5. The van der Waals surface area contributed by atoms with E-state index in [1.54, 1.807) is 0 Å². The topological polar surface area (TPSA) is 173 Å². The molecule has 0 aromatic carbocycles. The number of hydrogen-bond donors (Lipinski definition) is 6. The first-order chi connectivity index (χ1) is 18.2. The molecule has 0 aromatic rings. The molecule has 4 rings (SSSR count). The van der Waals surface area contributed by atoms with Gasteiger partial charge in [0.05, 0.1) is 30.6 Å². The Bertz CT molecular complexity index is 1040. The number of fused-ring (bicyclic) bond motifs is 5. The molecule has 0 saturated heterocycles. The van der Waals surface area contributed by atoms with Gasteiger partial charge in [-0.15, -0.1) is 0 Å². The number of hydrogen-bond acceptors (Lipinski definition) is 7. The van der Waals surface area contributed by atoms with Crippen molar-refractivity contribution >= 4 is 21.9 Å². The Morgan fingerprint density at radius 3 is 2.38 bits per heavy atom. The van der Waals surface area contributed by atoms with E-state index in [9.17, 15) is 33.3 Å². The smallest absolute Gasteiger partial charge is 1.00 e. The predicted octanol–water partition coefficient (Wildman–Crippen LogP) is -1.40. The summed E-state index contributed by atoms with van der Waals surface area (Å²) in [6, 6.07) is 0. The molecule has 10 nitrogen and oxygen atoms in total. The first-order valence-electron chi connectivity index (χ1n) is 14.7. The Labute approximate surface area is 262 Å². The van der Waals surface area contributed by atoms with E-state index in [-0.39, 0.29) is 109 Å². The fourth-order valence-electron chi connectivity index (χ4n) is 9.34. The average molecular weight is 597 g/mol. The maximum Gasteiger partial charge on any atom is 1.00 e. The van der Waals surface area contributed by atoms with Gasteiger partial charge in [0.1, 0.15) is 0 Å². The van der Waals surface area contributed by atoms with Crippen LogP contribution in [0.4, 0.5) is 0 Å². The van der Waals surface area contributed by atoms with Gasteiger partial charge in [-0.3, -0.25) is 14.1 Å². The van der Waals surface area contributed by atoms with E-state index in [2.05, 4.69) is 31.4 Å². The van der Waals surface area contributed by atoms with Gasteiger partial charge in [-0.2, -0.15) is 8.42 Å². The Kier molecular flexibility index (Phi) is 11.3. The zero-order valence-corrected chi connectivity index (χ0v) is 27.3. The van der Waals surface area contributed by atoms with E-state index in [0.717, 1.165) is 38.5 Å². The molecular formula is C28H49N2NaO8S. The molecule has 4 aliphatic carbocycles. The first kappa shape index (κ1) is 34.2. The second-order valence-corrected chi connectivity index (χ2v) is 15.0. The van der Waals surface area contributed by atoms with E-state index in [1.807, 2.05) is 0 Å². The summed E-state index contributed by atoms with van der Waals surface area (Å²) in [6.45, 7) is 6.15. The molecule has 4 fully saturated rings. The second-order valence-electron chi connectivity index (χ2n) is 13.5. The first-order valence-corrected chi connectivity index (χ1v) is 16.3. The summed E-state index contributed by atoms with van der Waals surface area (Å²) in [7, 11) is -4.16. The minimum absolute atomic E-state index is 0. The summed E-state index contributed by atoms with van der Waals surface area (Å²) in [5.41, 5.74) is -0.297. The largest absolute Gasteiger partial charge is 1.00 e. The summed E-state index contributed by atoms with van der Waals surface area (Å²) in [6.07, 6.45) is 5.44. The number of aliphatic hydroxyl groups excluding tert-OH is 3. The summed E-state index contributed by atoms with van der Waals surface area (Å²) < 4.78 is 30.2. The van der Waals surface area contributed by atoms with E-state index in [1.165, 1.54) is 0 Å². The van der Waals surface area contributed by atoms with Crippen molar-refractivity contribution in [3.05, 3.63) is 0 Å². The van der Waals surface area contributed by atoms with Crippen molar-refractivity contribution in [3.63, 3.8) is 0 Å². The molecule has 226 valence electrons. The van der Waals surface area contributed by atoms with Crippen LogP contribution in [0, 0.1) is 46.3 Å². The summed E-state index contributed by atoms with van der Waals surface area (Å²) in [5.74, 6) is -0.0801. The molecule has 2 amide bonds. The third-order valence-corrected chi connectivity index (χ3v) is 12.2. The van der Waals surface area contributed by atoms with Crippen molar-refractivity contribution < 1.29 is 68.9 Å². The van der Waals surface area contributed by atoms with Crippen molar-refractivity contribution in [1.29, 1.82) is 0 Å². The zero-order valence-electron chi connectivity index (χ0n) is 25.5. The zero-order chi connectivity index (χ0) is 28.8. The van der Waals surface area contributed by atoms with Gasteiger partial charge in [0.25, 0.3) is 10.1 Å². The SMILES string of the molecule is C[C@H](CCC(=O)NCC(=O)NCCS(=O)(=O)O)[C@H]1CC[C@H]2[C@@H]3[C@H](O)C[C@@H]4C[C@H](O)CC[C@]4(C)[C@H]3C[C@H](O)[C@]12C.[H-].[Na+]. The van der Waals surface area contributed by atoms with Gasteiger partial charge >= 0.3 is 29.6 Å². The average Bonchev–Trinajstić information content (AvgIpc) is 3.20. The van der Waals surface area contributed by atoms with Crippen LogP contribution in [-0.2, 0) is 19.7 Å². The maximum absolute atomic E-state index is 12.4. The van der Waals surface area contributed by atoms with Gasteiger partial charge < -0.3 is 27.4 Å². The van der Waals surface area contributed by atoms with Gasteiger partial charge in [0, 0.05) is 13.0 Å². The van der Waals surface area contributed by atoms with Gasteiger partial charge in [0.15, 0.2) is 0 Å². The molecule has 12 heteroatoms. The monoisotopic (exact) mass is 596 g/mol. The van der Waals surface area contributed by atoms with Crippen molar-refractivity contribution in [2.24, 2.45) is 46.3 Å². The van der Waals surface area contributed by atoms with Crippen LogP contribution in [0.2, 0.25) is 0 Å². The Morgan fingerprint density at radius 1 is 1.00 bits per heavy atom. The summed E-state index contributed by atoms with van der Waals surface area (Å²) >= 11 is 0. The van der Waals surface area contributed by atoms with Crippen LogP contribution in [0.1, 0.15) is 80.0 Å². The van der Waals surface area contributed by atoms with E-state index in [0.29, 0.717) is 12.8 Å². The molecule has 0 radical (unpaired) electrons. The molecule has 0 spiro atoms. The maximum atomic E-state index is 12.4. The van der Waals surface area contributed by atoms with Crippen LogP contribution in [-0.4, -0.2) is 77.3 Å². The minimum atomic E-state index is -4.16. The van der Waals surface area contributed by atoms with Crippen molar-refractivity contribution in [2.45, 2.75) is 96.9 Å². The van der Waals surface area contributed by atoms with Crippen LogP contribution in [0.15, 0.2) is 0 Å². The molecular weight excluding hydrogens is 547 g/mol. The van der Waals surface area contributed by atoms with Crippen LogP contribution in [0.3, 0.4) is 0 Å². The molecule has 0 bridgehead atoms. The second kappa shape index (κ2) is 13.2. The van der Waals surface area contributed by atoms with Crippen molar-refractivity contribution in [3.8, 4) is 0 Å².